The summed E-state index contributed by atoms with van der Waals surface area (Å²) in [4.78, 5) is 19.2. The van der Waals surface area contributed by atoms with Gasteiger partial charge in [0.15, 0.2) is 5.13 Å². The summed E-state index contributed by atoms with van der Waals surface area (Å²) in [5.41, 5.74) is 1.32. The molecule has 144 valence electrons. The number of nitrogens with zero attached hydrogens (tertiary/aromatic N) is 2. The van der Waals surface area contributed by atoms with E-state index in [0.29, 0.717) is 23.4 Å². The molecule has 2 atom stereocenters. The molecular formula is C19H24N4O3S. The van der Waals surface area contributed by atoms with Crippen LogP contribution in [0.5, 0.6) is 5.75 Å². The molecule has 0 radical (unpaired) electrons. The summed E-state index contributed by atoms with van der Waals surface area (Å²) in [5, 5.41) is 8.59. The minimum atomic E-state index is -0.166. The Kier molecular flexibility index (Phi) is 5.56. The summed E-state index contributed by atoms with van der Waals surface area (Å²) in [6.07, 6.45) is 2.52. The van der Waals surface area contributed by atoms with Crippen LogP contribution in [0.25, 0.3) is 0 Å². The Labute approximate surface area is 162 Å². The van der Waals surface area contributed by atoms with Crippen molar-refractivity contribution < 1.29 is 14.3 Å². The van der Waals surface area contributed by atoms with E-state index in [1.54, 1.807) is 12.5 Å². The van der Waals surface area contributed by atoms with Crippen LogP contribution in [0.2, 0.25) is 0 Å². The molecule has 1 amide bonds. The molecule has 2 fully saturated rings. The van der Waals surface area contributed by atoms with Crippen LogP contribution >= 0.6 is 11.3 Å². The summed E-state index contributed by atoms with van der Waals surface area (Å²) in [7, 11) is 1.63. The van der Waals surface area contributed by atoms with Crippen LogP contribution in [0.4, 0.5) is 10.8 Å². The number of ether oxygens (including phenoxy) is 2. The summed E-state index contributed by atoms with van der Waals surface area (Å²) in [6, 6.07) is 8.14. The monoisotopic (exact) mass is 388 g/mol. The molecule has 0 aliphatic carbocycles. The fourth-order valence-electron chi connectivity index (χ4n) is 3.54. The first-order chi connectivity index (χ1) is 13.2. The molecule has 7 nitrogen and oxygen atoms in total. The van der Waals surface area contributed by atoms with E-state index < -0.39 is 0 Å². The Bertz CT molecular complexity index is 780. The van der Waals surface area contributed by atoms with Gasteiger partial charge in [0.1, 0.15) is 11.4 Å². The number of hydrogen-bond acceptors (Lipinski definition) is 7. The first kappa shape index (κ1) is 18.2. The second-order valence-electron chi connectivity index (χ2n) is 6.85. The number of anilines is 2. The zero-order chi connectivity index (χ0) is 18.6. The summed E-state index contributed by atoms with van der Waals surface area (Å²) < 4.78 is 11.0. The molecule has 1 aromatic carbocycles. The highest BCUT2D eigenvalue weighted by atomic mass is 32.1. The van der Waals surface area contributed by atoms with Crippen molar-refractivity contribution in [2.45, 2.75) is 25.0 Å². The topological polar surface area (TPSA) is 75.7 Å². The molecule has 3 heterocycles. The second kappa shape index (κ2) is 8.24. The maximum absolute atomic E-state index is 12.4. The first-order valence-corrected chi connectivity index (χ1v) is 10.1. The summed E-state index contributed by atoms with van der Waals surface area (Å²) >= 11 is 1.40. The standard InChI is InChI=1S/C19H24N4O3S/c1-25-15-6-4-13(5-7-15)21-19-22-17(12-27-19)18(24)20-9-16-10-23-8-2-3-14(23)11-26-16/h4-7,12,14,16H,2-3,8-11H2,1H3,(H,20,24)(H,21,22). The minimum absolute atomic E-state index is 0.0545. The molecule has 2 aliphatic heterocycles. The number of carbonyl (C=O) groups excluding carboxylic acids is 1. The molecule has 2 unspecified atom stereocenters. The number of thiazole rings is 1. The van der Waals surface area contributed by atoms with Gasteiger partial charge in [0.25, 0.3) is 5.91 Å². The Morgan fingerprint density at radius 2 is 2.26 bits per heavy atom. The highest BCUT2D eigenvalue weighted by molar-refractivity contribution is 7.14. The SMILES string of the molecule is COc1ccc(Nc2nc(C(=O)NCC3CN4CCCC4CO3)cs2)cc1. The van der Waals surface area contributed by atoms with Gasteiger partial charge in [-0.05, 0) is 43.7 Å². The normalized spacial score (nSPS) is 22.3. The number of aromatic nitrogens is 1. The van der Waals surface area contributed by atoms with Crippen molar-refractivity contribution in [3.05, 3.63) is 35.3 Å². The quantitative estimate of drug-likeness (QED) is 0.792. The van der Waals surface area contributed by atoms with Gasteiger partial charge in [0.05, 0.1) is 19.8 Å². The van der Waals surface area contributed by atoms with Crippen LogP contribution in [0.15, 0.2) is 29.6 Å². The number of methoxy groups -OCH3 is 1. The highest BCUT2D eigenvalue weighted by Gasteiger charge is 2.32. The maximum Gasteiger partial charge on any atom is 0.270 e. The number of benzene rings is 1. The predicted molar refractivity (Wildman–Crippen MR) is 105 cm³/mol. The van der Waals surface area contributed by atoms with Crippen LogP contribution in [0, 0.1) is 0 Å². The van der Waals surface area contributed by atoms with Crippen molar-refractivity contribution >= 4 is 28.1 Å². The van der Waals surface area contributed by atoms with E-state index in [2.05, 4.69) is 20.5 Å². The molecule has 2 N–H and O–H groups in total. The summed E-state index contributed by atoms with van der Waals surface area (Å²) in [5.74, 6) is 0.631. The molecule has 2 aromatic rings. The third-order valence-electron chi connectivity index (χ3n) is 5.03. The molecule has 0 bridgehead atoms. The molecule has 1 aromatic heterocycles. The average Bonchev–Trinajstić information content (AvgIpc) is 3.35. The number of carbonyl (C=O) groups is 1. The van der Waals surface area contributed by atoms with E-state index in [0.717, 1.165) is 31.1 Å². The summed E-state index contributed by atoms with van der Waals surface area (Å²) in [6.45, 7) is 3.32. The third kappa shape index (κ3) is 4.40. The lowest BCUT2D eigenvalue weighted by Crippen LogP contribution is -2.50. The fourth-order valence-corrected chi connectivity index (χ4v) is 4.25. The Balaban J connectivity index is 1.28. The Hall–Kier alpha value is -2.16. The third-order valence-corrected chi connectivity index (χ3v) is 5.79. The van der Waals surface area contributed by atoms with Gasteiger partial charge < -0.3 is 20.1 Å². The van der Waals surface area contributed by atoms with Crippen LogP contribution in [-0.4, -0.2) is 61.3 Å². The number of rotatable bonds is 6. The van der Waals surface area contributed by atoms with Crippen molar-refractivity contribution in [2.75, 3.05) is 38.7 Å². The van der Waals surface area contributed by atoms with Crippen LogP contribution < -0.4 is 15.4 Å². The minimum Gasteiger partial charge on any atom is -0.497 e. The van der Waals surface area contributed by atoms with Crippen LogP contribution in [0.1, 0.15) is 23.3 Å². The molecule has 2 saturated heterocycles. The molecule has 2 aliphatic rings. The molecule has 4 rings (SSSR count). The van der Waals surface area contributed by atoms with Gasteiger partial charge in [-0.2, -0.15) is 0 Å². The van der Waals surface area contributed by atoms with E-state index in [1.807, 2.05) is 24.3 Å². The average molecular weight is 388 g/mol. The van der Waals surface area contributed by atoms with Crippen molar-refractivity contribution in [1.29, 1.82) is 0 Å². The number of fused-ring (bicyclic) bond motifs is 1. The van der Waals surface area contributed by atoms with Crippen molar-refractivity contribution in [1.82, 2.24) is 15.2 Å². The first-order valence-electron chi connectivity index (χ1n) is 9.22. The number of hydrogen-bond donors (Lipinski definition) is 2. The predicted octanol–water partition coefficient (Wildman–Crippen LogP) is 2.49. The highest BCUT2D eigenvalue weighted by Crippen LogP contribution is 2.24. The van der Waals surface area contributed by atoms with Gasteiger partial charge >= 0.3 is 0 Å². The zero-order valence-corrected chi connectivity index (χ0v) is 16.1. The van der Waals surface area contributed by atoms with Crippen molar-refractivity contribution in [3.8, 4) is 5.75 Å². The van der Waals surface area contributed by atoms with Gasteiger partial charge in [-0.1, -0.05) is 0 Å². The van der Waals surface area contributed by atoms with Crippen molar-refractivity contribution in [2.24, 2.45) is 0 Å². The van der Waals surface area contributed by atoms with E-state index in [4.69, 9.17) is 9.47 Å². The number of nitrogens with one attached hydrogen (secondary N) is 2. The van der Waals surface area contributed by atoms with Gasteiger partial charge in [-0.15, -0.1) is 11.3 Å². The smallest absolute Gasteiger partial charge is 0.270 e. The van der Waals surface area contributed by atoms with Crippen LogP contribution in [0.3, 0.4) is 0 Å². The maximum atomic E-state index is 12.4. The lowest BCUT2D eigenvalue weighted by atomic mass is 10.2. The number of amides is 1. The second-order valence-corrected chi connectivity index (χ2v) is 7.71. The van der Waals surface area contributed by atoms with E-state index >= 15 is 0 Å². The Morgan fingerprint density at radius 1 is 1.41 bits per heavy atom. The van der Waals surface area contributed by atoms with Gasteiger partial charge in [0, 0.05) is 30.2 Å². The molecule has 8 heteroatoms. The van der Waals surface area contributed by atoms with E-state index in [1.165, 1.54) is 24.2 Å². The van der Waals surface area contributed by atoms with E-state index in [-0.39, 0.29) is 12.0 Å². The molecule has 27 heavy (non-hydrogen) atoms. The van der Waals surface area contributed by atoms with Gasteiger partial charge in [-0.25, -0.2) is 4.98 Å². The van der Waals surface area contributed by atoms with Crippen LogP contribution in [-0.2, 0) is 4.74 Å². The zero-order valence-electron chi connectivity index (χ0n) is 15.3. The van der Waals surface area contributed by atoms with Gasteiger partial charge in [-0.3, -0.25) is 9.69 Å². The lowest BCUT2D eigenvalue weighted by Gasteiger charge is -2.35. The molecular weight excluding hydrogens is 364 g/mol. The molecule has 0 saturated carbocycles. The Morgan fingerprint density at radius 3 is 3.07 bits per heavy atom. The number of morpholine rings is 1. The molecule has 0 spiro atoms. The largest absolute Gasteiger partial charge is 0.497 e. The van der Waals surface area contributed by atoms with E-state index in [9.17, 15) is 4.79 Å². The fraction of sp³-hybridized carbons (Fsp3) is 0.474. The lowest BCUT2D eigenvalue weighted by molar-refractivity contribution is -0.0462. The van der Waals surface area contributed by atoms with Crippen molar-refractivity contribution in [3.63, 3.8) is 0 Å². The van der Waals surface area contributed by atoms with Gasteiger partial charge in [0.2, 0.25) is 0 Å².